The van der Waals surface area contributed by atoms with Crippen LogP contribution in [0.1, 0.15) is 21.5 Å². The quantitative estimate of drug-likeness (QED) is 0.438. The van der Waals surface area contributed by atoms with Crippen molar-refractivity contribution in [2.45, 2.75) is 5.56 Å². The first-order valence-electron chi connectivity index (χ1n) is 3.23. The van der Waals surface area contributed by atoms with Crippen molar-refractivity contribution in [1.29, 1.82) is 0 Å². The number of carbonyl (C=O) groups is 1. The number of carbonyl (C=O) groups excluding carboxylic acids is 1. The minimum atomic E-state index is -0.598. The maximum Gasteiger partial charge on any atom is 0.340 e. The monoisotopic (exact) mass is 168 g/mol. The molecule has 1 aliphatic rings. The maximum atomic E-state index is 11.0. The first-order valence-corrected chi connectivity index (χ1v) is 3.66. The van der Waals surface area contributed by atoms with E-state index >= 15 is 0 Å². The van der Waals surface area contributed by atoms with Crippen LogP contribution in [-0.2, 0) is 4.74 Å². The molecule has 1 atom stereocenters. The summed E-state index contributed by atoms with van der Waals surface area (Å²) in [6.45, 7) is 0. The number of hydrogen-bond donors (Lipinski definition) is 0. The van der Waals surface area contributed by atoms with Gasteiger partial charge in [-0.15, -0.1) is 0 Å². The Balaban J connectivity index is 2.60. The molecule has 0 unspecified atom stereocenters. The van der Waals surface area contributed by atoms with Gasteiger partial charge in [0.05, 0.1) is 5.56 Å². The van der Waals surface area contributed by atoms with Gasteiger partial charge in [0.25, 0.3) is 0 Å². The second-order valence-corrected chi connectivity index (χ2v) is 2.70. The largest absolute Gasteiger partial charge is 0.438 e. The molecule has 0 aliphatic carbocycles. The minimum Gasteiger partial charge on any atom is -0.438 e. The second kappa shape index (κ2) is 2.24. The summed E-state index contributed by atoms with van der Waals surface area (Å²) >= 11 is 5.69. The minimum absolute atomic E-state index is 0.333. The van der Waals surface area contributed by atoms with E-state index in [0.29, 0.717) is 5.56 Å². The van der Waals surface area contributed by atoms with Crippen LogP contribution in [0.2, 0.25) is 0 Å². The number of esters is 1. The molecule has 0 radical (unpaired) electrons. The van der Waals surface area contributed by atoms with Crippen LogP contribution in [0.4, 0.5) is 0 Å². The van der Waals surface area contributed by atoms with E-state index in [2.05, 4.69) is 0 Å². The molecule has 0 saturated heterocycles. The highest BCUT2D eigenvalue weighted by Crippen LogP contribution is 2.32. The molecule has 1 aromatic carbocycles. The molecule has 0 amide bonds. The van der Waals surface area contributed by atoms with Gasteiger partial charge in [0.1, 0.15) is 0 Å². The molecule has 0 spiro atoms. The molecular formula is C8H5ClO2. The van der Waals surface area contributed by atoms with Crippen molar-refractivity contribution in [1.82, 2.24) is 0 Å². The molecular weight excluding hydrogens is 164 g/mol. The summed E-state index contributed by atoms with van der Waals surface area (Å²) in [7, 11) is 0. The van der Waals surface area contributed by atoms with Crippen LogP contribution < -0.4 is 0 Å². The Morgan fingerprint density at radius 3 is 2.82 bits per heavy atom. The van der Waals surface area contributed by atoms with Crippen molar-refractivity contribution < 1.29 is 9.53 Å². The van der Waals surface area contributed by atoms with Crippen LogP contribution in [0.25, 0.3) is 0 Å². The third-order valence-electron chi connectivity index (χ3n) is 1.64. The first kappa shape index (κ1) is 6.68. The fraction of sp³-hybridized carbons (Fsp3) is 0.125. The lowest BCUT2D eigenvalue weighted by atomic mass is 10.1. The van der Waals surface area contributed by atoms with Crippen LogP contribution in [0, 0.1) is 0 Å². The normalized spacial score (nSPS) is 21.2. The maximum absolute atomic E-state index is 11.0. The summed E-state index contributed by atoms with van der Waals surface area (Å²) in [6, 6.07) is 7.11. The number of cyclic esters (lactones) is 1. The summed E-state index contributed by atoms with van der Waals surface area (Å²) < 4.78 is 4.76. The number of halogens is 1. The first-order chi connectivity index (χ1) is 5.29. The highest BCUT2D eigenvalue weighted by atomic mass is 35.5. The highest BCUT2D eigenvalue weighted by Gasteiger charge is 2.28. The van der Waals surface area contributed by atoms with Crippen molar-refractivity contribution in [3.63, 3.8) is 0 Å². The Morgan fingerprint density at radius 2 is 2.09 bits per heavy atom. The molecule has 3 heteroatoms. The zero-order valence-electron chi connectivity index (χ0n) is 5.58. The number of ether oxygens (including phenoxy) is 1. The van der Waals surface area contributed by atoms with Crippen molar-refractivity contribution >= 4 is 17.6 Å². The van der Waals surface area contributed by atoms with E-state index in [1.165, 1.54) is 0 Å². The Bertz CT molecular complexity index is 309. The molecule has 2 nitrogen and oxygen atoms in total. The smallest absolute Gasteiger partial charge is 0.340 e. The molecule has 0 fully saturated rings. The van der Waals surface area contributed by atoms with E-state index in [4.69, 9.17) is 16.3 Å². The third kappa shape index (κ3) is 0.906. The van der Waals surface area contributed by atoms with Gasteiger partial charge in [-0.25, -0.2) is 4.79 Å². The Hall–Kier alpha value is -1.02. The molecule has 1 aromatic rings. The van der Waals surface area contributed by atoms with Crippen molar-refractivity contribution in [3.05, 3.63) is 35.4 Å². The van der Waals surface area contributed by atoms with E-state index in [0.717, 1.165) is 5.56 Å². The second-order valence-electron chi connectivity index (χ2n) is 2.31. The molecule has 0 aromatic heterocycles. The van der Waals surface area contributed by atoms with Crippen LogP contribution >= 0.6 is 11.6 Å². The van der Waals surface area contributed by atoms with Crippen LogP contribution in [0.5, 0.6) is 0 Å². The SMILES string of the molecule is O=C1O[C@H](Cl)c2ccccc21. The van der Waals surface area contributed by atoms with Crippen molar-refractivity contribution in [2.24, 2.45) is 0 Å². The summed E-state index contributed by atoms with van der Waals surface area (Å²) in [4.78, 5) is 11.0. The Morgan fingerprint density at radius 1 is 1.36 bits per heavy atom. The predicted octanol–water partition coefficient (Wildman–Crippen LogP) is 2.09. The van der Waals surface area contributed by atoms with Gasteiger partial charge < -0.3 is 4.74 Å². The van der Waals surface area contributed by atoms with Crippen molar-refractivity contribution in [3.8, 4) is 0 Å². The fourth-order valence-corrected chi connectivity index (χ4v) is 1.37. The third-order valence-corrected chi connectivity index (χ3v) is 1.96. The van der Waals surface area contributed by atoms with Gasteiger partial charge in [-0.3, -0.25) is 0 Å². The molecule has 0 saturated carbocycles. The average Bonchev–Trinajstić information content (AvgIpc) is 2.30. The van der Waals surface area contributed by atoms with E-state index in [1.54, 1.807) is 18.2 Å². The van der Waals surface area contributed by atoms with Gasteiger partial charge in [-0.05, 0) is 6.07 Å². The van der Waals surface area contributed by atoms with Crippen LogP contribution in [0.3, 0.4) is 0 Å². The van der Waals surface area contributed by atoms with E-state index in [9.17, 15) is 4.79 Å². The van der Waals surface area contributed by atoms with Gasteiger partial charge in [0, 0.05) is 5.56 Å². The summed E-state index contributed by atoms with van der Waals surface area (Å²) in [5, 5.41) is 0. The number of benzene rings is 1. The number of rotatable bonds is 0. The Kier molecular flexibility index (Phi) is 1.36. The van der Waals surface area contributed by atoms with E-state index in [-0.39, 0.29) is 5.97 Å². The molecule has 2 rings (SSSR count). The zero-order valence-corrected chi connectivity index (χ0v) is 6.34. The standard InChI is InChI=1S/C8H5ClO2/c9-7-5-3-1-2-4-6(5)8(10)11-7/h1-4,7H/t7-/m0/s1. The summed E-state index contributed by atoms with van der Waals surface area (Å²) in [6.07, 6.45) is 0. The zero-order chi connectivity index (χ0) is 7.84. The lowest BCUT2D eigenvalue weighted by Gasteiger charge is -1.97. The van der Waals surface area contributed by atoms with Crippen molar-refractivity contribution in [2.75, 3.05) is 0 Å². The number of fused-ring (bicyclic) bond motifs is 1. The summed E-state index contributed by atoms with van der Waals surface area (Å²) in [5.41, 5.74) is 0.741. The van der Waals surface area contributed by atoms with Gasteiger partial charge >= 0.3 is 5.97 Å². The highest BCUT2D eigenvalue weighted by molar-refractivity contribution is 6.22. The van der Waals surface area contributed by atoms with Gasteiger partial charge in [-0.2, -0.15) is 0 Å². The van der Waals surface area contributed by atoms with Gasteiger partial charge in [0.2, 0.25) is 5.56 Å². The topological polar surface area (TPSA) is 26.3 Å². The summed E-state index contributed by atoms with van der Waals surface area (Å²) in [5.74, 6) is -0.333. The van der Waals surface area contributed by atoms with E-state index in [1.807, 2.05) is 6.07 Å². The lowest BCUT2D eigenvalue weighted by Crippen LogP contribution is -1.92. The molecule has 0 N–H and O–H groups in total. The van der Waals surface area contributed by atoms with E-state index < -0.39 is 5.56 Å². The molecule has 0 bridgehead atoms. The molecule has 1 heterocycles. The van der Waals surface area contributed by atoms with Gasteiger partial charge in [0.15, 0.2) is 0 Å². The molecule has 1 aliphatic heterocycles. The molecule has 56 valence electrons. The fourth-order valence-electron chi connectivity index (χ4n) is 1.10. The predicted molar refractivity (Wildman–Crippen MR) is 40.5 cm³/mol. The van der Waals surface area contributed by atoms with Crippen LogP contribution in [-0.4, -0.2) is 5.97 Å². The average molecular weight is 169 g/mol. The van der Waals surface area contributed by atoms with Gasteiger partial charge in [-0.1, -0.05) is 29.8 Å². The van der Waals surface area contributed by atoms with Crippen LogP contribution in [0.15, 0.2) is 24.3 Å². The number of hydrogen-bond acceptors (Lipinski definition) is 2. The number of alkyl halides is 1. The lowest BCUT2D eigenvalue weighted by molar-refractivity contribution is 0.0513. The molecule has 11 heavy (non-hydrogen) atoms. The Labute approximate surface area is 68.7 Å².